The Balaban J connectivity index is 2.28. The Morgan fingerprint density at radius 1 is 1.20 bits per heavy atom. The van der Waals surface area contributed by atoms with Gasteiger partial charge in [-0.2, -0.15) is 0 Å². The summed E-state index contributed by atoms with van der Waals surface area (Å²) in [7, 11) is 1.57. The van der Waals surface area contributed by atoms with Gasteiger partial charge in [0, 0.05) is 22.0 Å². The molecule has 0 atom stereocenters. The van der Waals surface area contributed by atoms with E-state index in [1.54, 1.807) is 25.3 Å². The third-order valence-corrected chi connectivity index (χ3v) is 3.28. The highest BCUT2D eigenvalue weighted by Crippen LogP contribution is 2.31. The van der Waals surface area contributed by atoms with Crippen molar-refractivity contribution in [2.75, 3.05) is 7.11 Å². The summed E-state index contributed by atoms with van der Waals surface area (Å²) in [6, 6.07) is 11.6. The number of fused-ring (bicyclic) bond motifs is 1. The fourth-order valence-electron chi connectivity index (χ4n) is 2.31. The predicted octanol–water partition coefficient (Wildman–Crippen LogP) is 3.80. The van der Waals surface area contributed by atoms with Gasteiger partial charge in [-0.05, 0) is 30.3 Å². The maximum atomic E-state index is 13.3. The Bertz CT molecular complexity index is 792. The van der Waals surface area contributed by atoms with E-state index in [9.17, 15) is 9.18 Å². The fraction of sp³-hybridized carbons (Fsp3) is 0.0625. The molecule has 3 aromatic rings. The van der Waals surface area contributed by atoms with Crippen LogP contribution in [-0.4, -0.2) is 18.4 Å². The molecule has 1 aromatic heterocycles. The van der Waals surface area contributed by atoms with Crippen LogP contribution >= 0.6 is 0 Å². The van der Waals surface area contributed by atoms with Gasteiger partial charge in [-0.15, -0.1) is 0 Å². The lowest BCUT2D eigenvalue weighted by Crippen LogP contribution is -1.86. The summed E-state index contributed by atoms with van der Waals surface area (Å²) in [4.78, 5) is 14.6. The number of halogens is 1. The maximum Gasteiger partial charge on any atom is 0.152 e. The highest BCUT2D eigenvalue weighted by molar-refractivity contribution is 6.04. The van der Waals surface area contributed by atoms with E-state index < -0.39 is 0 Å². The number of carbonyl (C=O) groups is 1. The summed E-state index contributed by atoms with van der Waals surface area (Å²) in [6.07, 6.45) is 0.776. The number of aromatic nitrogens is 1. The average molecular weight is 269 g/mol. The molecule has 4 heteroatoms. The van der Waals surface area contributed by atoms with Crippen LogP contribution < -0.4 is 4.74 Å². The third-order valence-electron chi connectivity index (χ3n) is 3.28. The Morgan fingerprint density at radius 3 is 2.75 bits per heavy atom. The van der Waals surface area contributed by atoms with E-state index in [0.717, 1.165) is 17.2 Å². The van der Waals surface area contributed by atoms with Crippen LogP contribution in [0.5, 0.6) is 5.75 Å². The smallest absolute Gasteiger partial charge is 0.152 e. The summed E-state index contributed by atoms with van der Waals surface area (Å²) in [5.41, 5.74) is 2.57. The van der Waals surface area contributed by atoms with Crippen molar-refractivity contribution in [2.45, 2.75) is 0 Å². The number of H-pyrrole nitrogens is 1. The molecule has 0 saturated carbocycles. The molecule has 0 aliphatic rings. The van der Waals surface area contributed by atoms with Gasteiger partial charge in [-0.1, -0.05) is 12.1 Å². The number of carbonyl (C=O) groups excluding carboxylic acids is 1. The molecule has 20 heavy (non-hydrogen) atoms. The number of ether oxygens (including phenoxy) is 1. The standard InChI is InChI=1S/C16H12FNO2/c1-20-12-5-6-15-13(8-12)14(9-19)16(18-15)10-3-2-4-11(17)7-10/h2-9,18H,1H3. The largest absolute Gasteiger partial charge is 0.497 e. The first kappa shape index (κ1) is 12.4. The van der Waals surface area contributed by atoms with Crippen molar-refractivity contribution in [1.29, 1.82) is 0 Å². The number of rotatable bonds is 3. The molecule has 100 valence electrons. The summed E-state index contributed by atoms with van der Waals surface area (Å²) >= 11 is 0. The highest BCUT2D eigenvalue weighted by atomic mass is 19.1. The summed E-state index contributed by atoms with van der Waals surface area (Å²) < 4.78 is 18.5. The molecular formula is C16H12FNO2. The SMILES string of the molecule is COc1ccc2[nH]c(-c3cccc(F)c3)c(C=O)c2c1. The van der Waals surface area contributed by atoms with E-state index in [1.165, 1.54) is 12.1 Å². The third kappa shape index (κ3) is 1.95. The average Bonchev–Trinajstić information content (AvgIpc) is 2.84. The number of methoxy groups -OCH3 is 1. The Kier molecular flexibility index (Phi) is 2.99. The number of aldehydes is 1. The van der Waals surface area contributed by atoms with Crippen molar-refractivity contribution in [3.05, 3.63) is 53.8 Å². The van der Waals surface area contributed by atoms with E-state index in [4.69, 9.17) is 4.74 Å². The van der Waals surface area contributed by atoms with Gasteiger partial charge in [0.2, 0.25) is 0 Å². The van der Waals surface area contributed by atoms with Crippen LogP contribution in [0.2, 0.25) is 0 Å². The van der Waals surface area contributed by atoms with Gasteiger partial charge in [-0.3, -0.25) is 4.79 Å². The molecule has 0 aliphatic heterocycles. The highest BCUT2D eigenvalue weighted by Gasteiger charge is 2.13. The van der Waals surface area contributed by atoms with Crippen molar-refractivity contribution in [3.8, 4) is 17.0 Å². The van der Waals surface area contributed by atoms with Gasteiger partial charge in [-0.25, -0.2) is 4.39 Å². The molecule has 0 saturated heterocycles. The predicted molar refractivity (Wildman–Crippen MR) is 75.6 cm³/mol. The number of nitrogens with one attached hydrogen (secondary N) is 1. The lowest BCUT2D eigenvalue weighted by Gasteiger charge is -2.00. The Hall–Kier alpha value is -2.62. The van der Waals surface area contributed by atoms with Crippen molar-refractivity contribution in [2.24, 2.45) is 0 Å². The molecule has 0 unspecified atom stereocenters. The van der Waals surface area contributed by atoms with Gasteiger partial charge in [0.15, 0.2) is 6.29 Å². The van der Waals surface area contributed by atoms with E-state index in [0.29, 0.717) is 22.6 Å². The van der Waals surface area contributed by atoms with Gasteiger partial charge in [0.05, 0.1) is 12.8 Å². The van der Waals surface area contributed by atoms with Crippen LogP contribution in [0.3, 0.4) is 0 Å². The van der Waals surface area contributed by atoms with Gasteiger partial charge < -0.3 is 9.72 Å². The quantitative estimate of drug-likeness (QED) is 0.735. The second-order valence-electron chi connectivity index (χ2n) is 4.45. The molecule has 1 N–H and O–H groups in total. The molecule has 0 fully saturated rings. The lowest BCUT2D eigenvalue weighted by atomic mass is 10.1. The number of aromatic amines is 1. The van der Waals surface area contributed by atoms with Crippen molar-refractivity contribution >= 4 is 17.2 Å². The number of hydrogen-bond donors (Lipinski definition) is 1. The van der Waals surface area contributed by atoms with Crippen molar-refractivity contribution in [1.82, 2.24) is 4.98 Å². The van der Waals surface area contributed by atoms with Gasteiger partial charge in [0.25, 0.3) is 0 Å². The first-order valence-corrected chi connectivity index (χ1v) is 6.14. The first-order valence-electron chi connectivity index (χ1n) is 6.14. The lowest BCUT2D eigenvalue weighted by molar-refractivity contribution is 0.112. The zero-order chi connectivity index (χ0) is 14.1. The minimum absolute atomic E-state index is 0.337. The molecule has 0 amide bonds. The summed E-state index contributed by atoms with van der Waals surface area (Å²) in [5.74, 6) is 0.334. The van der Waals surface area contributed by atoms with Crippen LogP contribution in [-0.2, 0) is 0 Å². The molecule has 0 spiro atoms. The van der Waals surface area contributed by atoms with E-state index in [2.05, 4.69) is 4.98 Å². The van der Waals surface area contributed by atoms with Crippen LogP contribution in [0.1, 0.15) is 10.4 Å². The van der Waals surface area contributed by atoms with Crippen LogP contribution in [0.15, 0.2) is 42.5 Å². The molecule has 1 heterocycles. The van der Waals surface area contributed by atoms with Crippen LogP contribution in [0.25, 0.3) is 22.2 Å². The summed E-state index contributed by atoms with van der Waals surface area (Å²) in [5, 5.41) is 0.763. The molecule has 0 bridgehead atoms. The molecule has 2 aromatic carbocycles. The summed E-state index contributed by atoms with van der Waals surface area (Å²) in [6.45, 7) is 0. The maximum absolute atomic E-state index is 13.3. The van der Waals surface area contributed by atoms with Gasteiger partial charge >= 0.3 is 0 Å². The van der Waals surface area contributed by atoms with Crippen molar-refractivity contribution in [3.63, 3.8) is 0 Å². The molecule has 0 radical (unpaired) electrons. The molecular weight excluding hydrogens is 257 g/mol. The van der Waals surface area contributed by atoms with E-state index in [1.807, 2.05) is 12.1 Å². The topological polar surface area (TPSA) is 42.1 Å². The fourth-order valence-corrected chi connectivity index (χ4v) is 2.31. The molecule has 0 aliphatic carbocycles. The molecule has 3 rings (SSSR count). The zero-order valence-corrected chi connectivity index (χ0v) is 10.8. The Labute approximate surface area is 115 Å². The normalized spacial score (nSPS) is 10.7. The second kappa shape index (κ2) is 4.81. The molecule has 3 nitrogen and oxygen atoms in total. The zero-order valence-electron chi connectivity index (χ0n) is 10.8. The monoisotopic (exact) mass is 269 g/mol. The van der Waals surface area contributed by atoms with Gasteiger partial charge in [0.1, 0.15) is 11.6 Å². The van der Waals surface area contributed by atoms with E-state index >= 15 is 0 Å². The first-order chi connectivity index (χ1) is 9.72. The van der Waals surface area contributed by atoms with E-state index in [-0.39, 0.29) is 5.82 Å². The van der Waals surface area contributed by atoms with Crippen LogP contribution in [0.4, 0.5) is 4.39 Å². The minimum atomic E-state index is -0.337. The Morgan fingerprint density at radius 2 is 2.05 bits per heavy atom. The number of benzene rings is 2. The number of hydrogen-bond acceptors (Lipinski definition) is 2. The van der Waals surface area contributed by atoms with Crippen molar-refractivity contribution < 1.29 is 13.9 Å². The van der Waals surface area contributed by atoms with Crippen LogP contribution in [0, 0.1) is 5.82 Å². The second-order valence-corrected chi connectivity index (χ2v) is 4.45. The minimum Gasteiger partial charge on any atom is -0.497 e.